The van der Waals surface area contributed by atoms with Crippen molar-refractivity contribution < 1.29 is 13.2 Å². The van der Waals surface area contributed by atoms with Crippen molar-refractivity contribution in [3.8, 4) is 11.3 Å². The fourth-order valence-electron chi connectivity index (χ4n) is 3.53. The van der Waals surface area contributed by atoms with Gasteiger partial charge in [-0.05, 0) is 0 Å². The molecule has 6 heteroatoms. The van der Waals surface area contributed by atoms with Crippen LogP contribution < -0.4 is 0 Å². The van der Waals surface area contributed by atoms with Crippen molar-refractivity contribution >= 4 is 50.9 Å². The Balaban J connectivity index is 1.95. The molecule has 0 unspecified atom stereocenters. The third-order valence-electron chi connectivity index (χ3n) is 4.67. The maximum absolute atomic E-state index is 13.9. The van der Waals surface area contributed by atoms with Crippen molar-refractivity contribution in [1.29, 1.82) is 0 Å². The van der Waals surface area contributed by atoms with Crippen molar-refractivity contribution in [1.82, 2.24) is 9.97 Å². The van der Waals surface area contributed by atoms with E-state index in [1.54, 1.807) is 24.3 Å². The zero-order valence-electron chi connectivity index (χ0n) is 13.8. The Morgan fingerprint density at radius 2 is 1.56 bits per heavy atom. The molecule has 2 nitrogen and oxygen atoms in total. The topological polar surface area (TPSA) is 25.8 Å². The summed E-state index contributed by atoms with van der Waals surface area (Å²) in [6.07, 6.45) is -3.26. The van der Waals surface area contributed by atoms with Crippen molar-refractivity contribution in [2.24, 2.45) is 0 Å². The van der Waals surface area contributed by atoms with Gasteiger partial charge in [-0.15, -0.1) is 0 Å². The van der Waals surface area contributed by atoms with Gasteiger partial charge in [-0.1, -0.05) is 0 Å². The van der Waals surface area contributed by atoms with Gasteiger partial charge in [0.1, 0.15) is 0 Å². The molecule has 0 N–H and O–H groups in total. The molecule has 0 amide bonds. The first-order valence-corrected chi connectivity index (χ1v) is 10.8. The van der Waals surface area contributed by atoms with E-state index in [0.29, 0.717) is 16.5 Å². The number of hydrogen-bond acceptors (Lipinski definition) is 2. The first kappa shape index (κ1) is 16.7. The number of nitrogens with zero attached hydrogens (tertiary/aromatic N) is 2. The molecule has 0 saturated carbocycles. The summed E-state index contributed by atoms with van der Waals surface area (Å²) in [4.78, 5) is 8.43. The van der Waals surface area contributed by atoms with E-state index < -0.39 is 32.2 Å². The van der Waals surface area contributed by atoms with Gasteiger partial charge >= 0.3 is 162 Å². The monoisotopic (exact) mass is 478 g/mol. The van der Waals surface area contributed by atoms with Crippen LogP contribution in [0.4, 0.5) is 13.2 Å². The molecule has 0 radical (unpaired) electrons. The molecular formula is C21H11F3N2Te. The van der Waals surface area contributed by atoms with E-state index >= 15 is 0 Å². The van der Waals surface area contributed by atoms with Crippen LogP contribution in [0.15, 0.2) is 65.0 Å². The number of benzene rings is 3. The fraction of sp³-hybridized carbons (Fsp3) is 0.0476. The van der Waals surface area contributed by atoms with E-state index in [4.69, 9.17) is 0 Å². The summed E-state index contributed by atoms with van der Waals surface area (Å²) in [6.45, 7) is 0. The Hall–Kier alpha value is -2.42. The zero-order chi connectivity index (χ0) is 18.6. The Morgan fingerprint density at radius 1 is 0.815 bits per heavy atom. The second-order valence-electron chi connectivity index (χ2n) is 6.23. The van der Waals surface area contributed by atoms with Gasteiger partial charge in [0.05, 0.1) is 0 Å². The zero-order valence-corrected chi connectivity index (χ0v) is 16.1. The Bertz CT molecular complexity index is 1320. The van der Waals surface area contributed by atoms with Crippen LogP contribution in [0.1, 0.15) is 5.56 Å². The third-order valence-corrected chi connectivity index (χ3v) is 7.42. The minimum absolute atomic E-state index is 0.0444. The van der Waals surface area contributed by atoms with E-state index in [1.807, 2.05) is 18.2 Å². The molecule has 5 aromatic rings. The molecule has 0 spiro atoms. The molecule has 0 saturated heterocycles. The molecule has 0 aliphatic carbocycles. The van der Waals surface area contributed by atoms with Crippen LogP contribution in [-0.2, 0) is 6.18 Å². The fourth-order valence-corrected chi connectivity index (χ4v) is 6.23. The van der Waals surface area contributed by atoms with Crippen molar-refractivity contribution in [3.05, 3.63) is 70.6 Å². The minimum atomic E-state index is -4.50. The van der Waals surface area contributed by atoms with Crippen molar-refractivity contribution in [2.75, 3.05) is 0 Å². The Labute approximate surface area is 161 Å². The van der Waals surface area contributed by atoms with Gasteiger partial charge in [0.25, 0.3) is 0 Å². The van der Waals surface area contributed by atoms with Crippen LogP contribution in [0.5, 0.6) is 0 Å². The summed E-state index contributed by atoms with van der Waals surface area (Å²) in [5.74, 6) is 0. The molecule has 3 aromatic carbocycles. The maximum atomic E-state index is 13.9. The summed E-state index contributed by atoms with van der Waals surface area (Å²) in [6, 6.07) is 16.4. The van der Waals surface area contributed by atoms with E-state index in [2.05, 4.69) is 20.1 Å². The van der Waals surface area contributed by atoms with Gasteiger partial charge in [0.2, 0.25) is 0 Å². The molecular weight excluding hydrogens is 465 g/mol. The number of halogens is 3. The molecule has 2 heterocycles. The quantitative estimate of drug-likeness (QED) is 0.230. The average Bonchev–Trinajstić information content (AvgIpc) is 3.08. The number of hydrogen-bond donors (Lipinski definition) is 0. The molecule has 27 heavy (non-hydrogen) atoms. The van der Waals surface area contributed by atoms with Crippen LogP contribution >= 0.6 is 0 Å². The number of fused-ring (bicyclic) bond motifs is 3. The van der Waals surface area contributed by atoms with Crippen LogP contribution in [0.2, 0.25) is 0 Å². The number of aromatic nitrogens is 2. The van der Waals surface area contributed by atoms with E-state index in [9.17, 15) is 13.2 Å². The molecule has 0 atom stereocenters. The number of alkyl halides is 3. The molecule has 0 aliphatic rings. The molecule has 0 fully saturated rings. The molecule has 132 valence electrons. The summed E-state index contributed by atoms with van der Waals surface area (Å²) >= 11 is -0.503. The molecule has 2 aromatic heterocycles. The summed E-state index contributed by atoms with van der Waals surface area (Å²) in [5.41, 5.74) is 0.759. The van der Waals surface area contributed by atoms with Gasteiger partial charge in [0, 0.05) is 0 Å². The van der Waals surface area contributed by atoms with E-state index in [1.165, 1.54) is 15.8 Å². The predicted octanol–water partition coefficient (Wildman–Crippen LogP) is 5.68. The first-order chi connectivity index (χ1) is 13.0. The van der Waals surface area contributed by atoms with Crippen LogP contribution in [-0.4, -0.2) is 30.4 Å². The van der Waals surface area contributed by atoms with Gasteiger partial charge in [0.15, 0.2) is 0 Å². The predicted molar refractivity (Wildman–Crippen MR) is 102 cm³/mol. The van der Waals surface area contributed by atoms with Gasteiger partial charge < -0.3 is 0 Å². The van der Waals surface area contributed by atoms with E-state index in [-0.39, 0.29) is 10.9 Å². The molecule has 0 bridgehead atoms. The van der Waals surface area contributed by atoms with Gasteiger partial charge in [-0.25, -0.2) is 0 Å². The molecule has 0 aliphatic heterocycles. The molecule has 5 rings (SSSR count). The van der Waals surface area contributed by atoms with Crippen molar-refractivity contribution in [3.63, 3.8) is 0 Å². The third kappa shape index (κ3) is 2.63. The second-order valence-corrected chi connectivity index (χ2v) is 8.84. The first-order valence-electron chi connectivity index (χ1n) is 8.24. The average molecular weight is 476 g/mol. The second kappa shape index (κ2) is 6.05. The van der Waals surface area contributed by atoms with Crippen molar-refractivity contribution in [2.45, 2.75) is 6.18 Å². The Morgan fingerprint density at radius 3 is 2.37 bits per heavy atom. The van der Waals surface area contributed by atoms with Crippen LogP contribution in [0.3, 0.4) is 0 Å². The van der Waals surface area contributed by atoms with E-state index in [0.717, 1.165) is 10.9 Å². The van der Waals surface area contributed by atoms with Gasteiger partial charge in [-0.2, -0.15) is 0 Å². The normalized spacial score (nSPS) is 12.3. The van der Waals surface area contributed by atoms with Gasteiger partial charge in [-0.3, -0.25) is 0 Å². The summed E-state index contributed by atoms with van der Waals surface area (Å²) in [5, 5.41) is 2.22. The Kier molecular flexibility index (Phi) is 3.75. The SMILES string of the molecule is FC(F)(F)c1c2ccccc2cc2c(-c3c[te]c4ccccc34)ncnc12. The van der Waals surface area contributed by atoms with Crippen LogP contribution in [0.25, 0.3) is 41.7 Å². The number of rotatable bonds is 1. The summed E-state index contributed by atoms with van der Waals surface area (Å²) < 4.78 is 45.2. The summed E-state index contributed by atoms with van der Waals surface area (Å²) in [7, 11) is 0. The van der Waals surface area contributed by atoms with Crippen LogP contribution in [0, 0.1) is 0 Å². The standard InChI is InChI=1S/C21H11F3N2Te/c22-21(23,24)18-13-6-2-1-5-12(13)9-15-19(25-11-26-20(15)18)16-10-27-17-8-4-3-7-14(16)17/h1-11H.